The Labute approximate surface area is 145 Å². The Morgan fingerprint density at radius 2 is 1.67 bits per heavy atom. The monoisotopic (exact) mass is 338 g/mol. The highest BCUT2D eigenvalue weighted by molar-refractivity contribution is 5.17. The maximum absolute atomic E-state index is 11.1. The second-order valence-corrected chi connectivity index (χ2v) is 9.60. The first-order chi connectivity index (χ1) is 11.0. The largest absolute Gasteiger partial charge is 0.396 e. The van der Waals surface area contributed by atoms with Gasteiger partial charge in [-0.3, -0.25) is 0 Å². The second-order valence-electron chi connectivity index (χ2n) is 9.60. The Bertz CT molecular complexity index is 522. The molecule has 2 aliphatic carbocycles. The molecular weight excluding hydrogens is 304 g/mol. The Hall–Kier alpha value is -0.420. The van der Waals surface area contributed by atoms with Crippen molar-refractivity contribution in [1.29, 1.82) is 0 Å². The fourth-order valence-corrected chi connectivity index (χ4v) is 6.95. The van der Waals surface area contributed by atoms with E-state index in [-0.39, 0.29) is 29.3 Å². The Kier molecular flexibility index (Phi) is 4.24. The highest BCUT2D eigenvalue weighted by Crippen LogP contribution is 2.65. The zero-order valence-corrected chi connectivity index (χ0v) is 15.6. The standard InChI is InChI=1S/C20H34O4/c1-6-18(3)10-13(22)16-19(4)9-7-8-17(2,12-21)15(19)14(23)11-20(16,5)24-18/h6,13-16,21-23H,1,7-12H2,2-5H3/t13?,14-,15+,16?,17+,18+,19+,20-/m1/s1. The molecule has 2 unspecified atom stereocenters. The van der Waals surface area contributed by atoms with Gasteiger partial charge in [0.15, 0.2) is 0 Å². The van der Waals surface area contributed by atoms with Gasteiger partial charge in [-0.05, 0) is 43.4 Å². The Morgan fingerprint density at radius 1 is 1.04 bits per heavy atom. The van der Waals surface area contributed by atoms with Crippen molar-refractivity contribution in [2.75, 3.05) is 6.61 Å². The SMILES string of the molecule is C=C[C@@]1(C)CC(O)C2[C@@](C)(C[C@@H](O)[C@H]3[C@](C)(CO)CCC[C@]23C)O1. The van der Waals surface area contributed by atoms with E-state index < -0.39 is 23.4 Å². The molecule has 138 valence electrons. The normalized spacial score (nSPS) is 57.8. The van der Waals surface area contributed by atoms with E-state index in [0.717, 1.165) is 19.3 Å². The molecule has 1 aliphatic heterocycles. The molecule has 3 aliphatic rings. The summed E-state index contributed by atoms with van der Waals surface area (Å²) in [6, 6.07) is 0. The zero-order chi connectivity index (χ0) is 18.0. The van der Waals surface area contributed by atoms with Crippen LogP contribution >= 0.6 is 0 Å². The van der Waals surface area contributed by atoms with Gasteiger partial charge in [-0.15, -0.1) is 6.58 Å². The van der Waals surface area contributed by atoms with E-state index in [9.17, 15) is 15.3 Å². The lowest BCUT2D eigenvalue weighted by molar-refractivity contribution is -0.306. The first kappa shape index (κ1) is 18.4. The minimum atomic E-state index is -0.584. The quantitative estimate of drug-likeness (QED) is 0.677. The number of hydrogen-bond acceptors (Lipinski definition) is 4. The van der Waals surface area contributed by atoms with Crippen molar-refractivity contribution in [3.05, 3.63) is 12.7 Å². The minimum Gasteiger partial charge on any atom is -0.396 e. The Morgan fingerprint density at radius 3 is 2.25 bits per heavy atom. The van der Waals surface area contributed by atoms with Crippen molar-refractivity contribution in [2.45, 2.75) is 83.2 Å². The number of aliphatic hydroxyl groups excluding tert-OH is 3. The van der Waals surface area contributed by atoms with Crippen LogP contribution in [0.3, 0.4) is 0 Å². The summed E-state index contributed by atoms with van der Waals surface area (Å²) in [4.78, 5) is 0. The van der Waals surface area contributed by atoms with Crippen LogP contribution in [0.5, 0.6) is 0 Å². The smallest absolute Gasteiger partial charge is 0.0864 e. The number of aliphatic hydroxyl groups is 3. The molecular formula is C20H34O4. The van der Waals surface area contributed by atoms with Crippen LogP contribution in [0, 0.1) is 22.7 Å². The van der Waals surface area contributed by atoms with Crippen LogP contribution in [0.25, 0.3) is 0 Å². The summed E-state index contributed by atoms with van der Waals surface area (Å²) in [7, 11) is 0. The topological polar surface area (TPSA) is 69.9 Å². The molecule has 8 atom stereocenters. The van der Waals surface area contributed by atoms with E-state index in [4.69, 9.17) is 4.74 Å². The van der Waals surface area contributed by atoms with E-state index in [2.05, 4.69) is 20.4 Å². The molecule has 1 saturated heterocycles. The van der Waals surface area contributed by atoms with Gasteiger partial charge < -0.3 is 20.1 Å². The van der Waals surface area contributed by atoms with E-state index in [0.29, 0.717) is 12.8 Å². The van der Waals surface area contributed by atoms with Crippen LogP contribution in [0.2, 0.25) is 0 Å². The third kappa shape index (κ3) is 2.41. The molecule has 3 N–H and O–H groups in total. The highest BCUT2D eigenvalue weighted by Gasteiger charge is 2.67. The number of hydrogen-bond donors (Lipinski definition) is 3. The van der Waals surface area contributed by atoms with Gasteiger partial charge in [0.1, 0.15) is 0 Å². The van der Waals surface area contributed by atoms with E-state index in [1.807, 2.05) is 13.8 Å². The summed E-state index contributed by atoms with van der Waals surface area (Å²) in [5.74, 6) is -0.0641. The molecule has 0 aromatic heterocycles. The van der Waals surface area contributed by atoms with Crippen LogP contribution in [0.1, 0.15) is 59.8 Å². The third-order valence-corrected chi connectivity index (χ3v) is 7.55. The molecule has 2 saturated carbocycles. The third-order valence-electron chi connectivity index (χ3n) is 7.55. The summed E-state index contributed by atoms with van der Waals surface area (Å²) < 4.78 is 6.47. The summed E-state index contributed by atoms with van der Waals surface area (Å²) in [6.45, 7) is 12.2. The van der Waals surface area contributed by atoms with Crippen LogP contribution in [-0.4, -0.2) is 45.3 Å². The summed E-state index contributed by atoms with van der Waals surface area (Å²) in [6.07, 6.45) is 4.66. The minimum absolute atomic E-state index is 0.0202. The zero-order valence-electron chi connectivity index (χ0n) is 15.6. The van der Waals surface area contributed by atoms with E-state index >= 15 is 0 Å². The maximum Gasteiger partial charge on any atom is 0.0864 e. The molecule has 3 rings (SSSR count). The molecule has 0 bridgehead atoms. The van der Waals surface area contributed by atoms with Crippen molar-refractivity contribution in [1.82, 2.24) is 0 Å². The van der Waals surface area contributed by atoms with Gasteiger partial charge in [0, 0.05) is 25.4 Å². The van der Waals surface area contributed by atoms with Crippen molar-refractivity contribution in [2.24, 2.45) is 22.7 Å². The van der Waals surface area contributed by atoms with Gasteiger partial charge in [-0.1, -0.05) is 26.3 Å². The fraction of sp³-hybridized carbons (Fsp3) is 0.900. The molecule has 0 amide bonds. The summed E-state index contributed by atoms with van der Waals surface area (Å²) in [5, 5.41) is 32.2. The van der Waals surface area contributed by atoms with Crippen LogP contribution in [-0.2, 0) is 4.74 Å². The van der Waals surface area contributed by atoms with E-state index in [1.165, 1.54) is 0 Å². The average Bonchev–Trinajstić information content (AvgIpc) is 2.44. The first-order valence-corrected chi connectivity index (χ1v) is 9.34. The summed E-state index contributed by atoms with van der Waals surface area (Å²) >= 11 is 0. The van der Waals surface area contributed by atoms with Crippen LogP contribution in [0.4, 0.5) is 0 Å². The molecule has 0 spiro atoms. The lowest BCUT2D eigenvalue weighted by Gasteiger charge is -2.67. The fourth-order valence-electron chi connectivity index (χ4n) is 6.95. The number of rotatable bonds is 2. The van der Waals surface area contributed by atoms with Crippen molar-refractivity contribution in [3.63, 3.8) is 0 Å². The van der Waals surface area contributed by atoms with Gasteiger partial charge in [0.25, 0.3) is 0 Å². The predicted octanol–water partition coefficient (Wildman–Crippen LogP) is 2.66. The maximum atomic E-state index is 11.1. The lowest BCUT2D eigenvalue weighted by atomic mass is 9.43. The van der Waals surface area contributed by atoms with Crippen molar-refractivity contribution < 1.29 is 20.1 Å². The molecule has 0 aromatic rings. The number of ether oxygens (including phenoxy) is 1. The molecule has 24 heavy (non-hydrogen) atoms. The molecule has 1 heterocycles. The van der Waals surface area contributed by atoms with E-state index in [1.54, 1.807) is 6.08 Å². The molecule has 4 nitrogen and oxygen atoms in total. The van der Waals surface area contributed by atoms with Gasteiger partial charge >= 0.3 is 0 Å². The number of fused-ring (bicyclic) bond motifs is 3. The molecule has 4 heteroatoms. The average molecular weight is 338 g/mol. The lowest BCUT2D eigenvalue weighted by Crippen LogP contribution is -2.70. The Balaban J connectivity index is 2.07. The predicted molar refractivity (Wildman–Crippen MR) is 93.5 cm³/mol. The van der Waals surface area contributed by atoms with Gasteiger partial charge in [0.05, 0.1) is 23.4 Å². The van der Waals surface area contributed by atoms with Gasteiger partial charge in [0.2, 0.25) is 0 Å². The van der Waals surface area contributed by atoms with Crippen molar-refractivity contribution >= 4 is 0 Å². The van der Waals surface area contributed by atoms with Gasteiger partial charge in [-0.2, -0.15) is 0 Å². The molecule has 3 fully saturated rings. The van der Waals surface area contributed by atoms with Crippen molar-refractivity contribution in [3.8, 4) is 0 Å². The van der Waals surface area contributed by atoms with Crippen LogP contribution in [0.15, 0.2) is 12.7 Å². The van der Waals surface area contributed by atoms with Crippen LogP contribution < -0.4 is 0 Å². The summed E-state index contributed by atoms with van der Waals surface area (Å²) in [5.41, 5.74) is -1.70. The molecule has 0 aromatic carbocycles. The second kappa shape index (κ2) is 5.54. The first-order valence-electron chi connectivity index (χ1n) is 9.34. The van der Waals surface area contributed by atoms with Gasteiger partial charge in [-0.25, -0.2) is 0 Å². The highest BCUT2D eigenvalue weighted by atomic mass is 16.5. The molecule has 0 radical (unpaired) electrons.